The van der Waals surface area contributed by atoms with E-state index in [-0.39, 0.29) is 17.9 Å². The molecule has 0 aliphatic carbocycles. The maximum Gasteiger partial charge on any atom is 0.295 e. The van der Waals surface area contributed by atoms with E-state index in [1.54, 1.807) is 32.4 Å². The van der Waals surface area contributed by atoms with Crippen LogP contribution in [-0.2, 0) is 16.0 Å². The zero-order valence-corrected chi connectivity index (χ0v) is 20.9. The number of benzene rings is 3. The molecule has 1 aromatic heterocycles. The Balaban J connectivity index is 1.58. The fourth-order valence-electron chi connectivity index (χ4n) is 4.93. The molecule has 37 heavy (non-hydrogen) atoms. The lowest BCUT2D eigenvalue weighted by Gasteiger charge is -2.26. The number of carbonyl (C=O) groups excluding carboxylic acids is 2. The van der Waals surface area contributed by atoms with E-state index in [9.17, 15) is 14.7 Å². The number of nitrogens with zero attached hydrogens (tertiary/aromatic N) is 1. The third kappa shape index (κ3) is 4.33. The van der Waals surface area contributed by atoms with Crippen LogP contribution in [0, 0.1) is 6.92 Å². The molecule has 0 spiro atoms. The molecule has 1 saturated heterocycles. The summed E-state index contributed by atoms with van der Waals surface area (Å²) in [7, 11) is 3.17. The number of amides is 1. The number of ketones is 1. The van der Waals surface area contributed by atoms with Crippen molar-refractivity contribution in [1.29, 1.82) is 0 Å². The van der Waals surface area contributed by atoms with Gasteiger partial charge in [-0.15, -0.1) is 0 Å². The second-order valence-electron chi connectivity index (χ2n) is 9.08. The molecular formula is C30H28N2O5. The van der Waals surface area contributed by atoms with Crippen molar-refractivity contribution in [3.63, 3.8) is 0 Å². The Morgan fingerprint density at radius 3 is 2.49 bits per heavy atom. The molecule has 0 unspecified atom stereocenters. The number of likely N-dealkylation sites (tertiary alicyclic amines) is 1. The van der Waals surface area contributed by atoms with Crippen molar-refractivity contribution in [3.8, 4) is 11.5 Å². The molecule has 5 rings (SSSR count). The highest BCUT2D eigenvalue weighted by molar-refractivity contribution is 6.46. The number of hydrogen-bond acceptors (Lipinski definition) is 5. The fourth-order valence-corrected chi connectivity index (χ4v) is 4.93. The Hall–Kier alpha value is -4.52. The number of H-pyrrole nitrogens is 1. The van der Waals surface area contributed by atoms with E-state index in [0.717, 1.165) is 27.8 Å². The topological polar surface area (TPSA) is 91.9 Å². The minimum Gasteiger partial charge on any atom is -0.507 e. The van der Waals surface area contributed by atoms with Gasteiger partial charge >= 0.3 is 0 Å². The molecule has 3 aromatic carbocycles. The average molecular weight is 497 g/mol. The summed E-state index contributed by atoms with van der Waals surface area (Å²) in [5, 5.41) is 12.3. The molecule has 1 atom stereocenters. The summed E-state index contributed by atoms with van der Waals surface area (Å²) in [6, 6.07) is 19.4. The van der Waals surface area contributed by atoms with Gasteiger partial charge in [0.25, 0.3) is 11.7 Å². The molecule has 4 aromatic rings. The molecular weight excluding hydrogens is 468 g/mol. The largest absolute Gasteiger partial charge is 0.507 e. The number of fused-ring (bicyclic) bond motifs is 1. The van der Waals surface area contributed by atoms with Crippen LogP contribution in [0.4, 0.5) is 0 Å². The van der Waals surface area contributed by atoms with Crippen molar-refractivity contribution >= 4 is 28.4 Å². The number of Topliss-reactive ketones (excluding diaryl/α,β-unsaturated/α-hetero) is 1. The van der Waals surface area contributed by atoms with Gasteiger partial charge in [0.05, 0.1) is 25.8 Å². The van der Waals surface area contributed by atoms with Crippen LogP contribution in [0.3, 0.4) is 0 Å². The van der Waals surface area contributed by atoms with Crippen LogP contribution in [0.15, 0.2) is 78.5 Å². The van der Waals surface area contributed by atoms with E-state index in [4.69, 9.17) is 9.47 Å². The Morgan fingerprint density at radius 1 is 1.00 bits per heavy atom. The average Bonchev–Trinajstić information content (AvgIpc) is 3.44. The number of methoxy groups -OCH3 is 2. The zero-order chi connectivity index (χ0) is 26.1. The smallest absolute Gasteiger partial charge is 0.295 e. The van der Waals surface area contributed by atoms with Gasteiger partial charge in [0.1, 0.15) is 17.3 Å². The SMILES string of the molecule is COc1ccc2[nH]cc(CCN3C(=O)C(=O)C(=C(O)c4ccc(C)cc4)[C@@H]3c3ccccc3OC)c2c1. The van der Waals surface area contributed by atoms with Crippen LogP contribution in [0.5, 0.6) is 11.5 Å². The number of rotatable bonds is 7. The Bertz CT molecular complexity index is 1520. The first-order chi connectivity index (χ1) is 17.9. The van der Waals surface area contributed by atoms with Gasteiger partial charge in [0, 0.05) is 34.8 Å². The lowest BCUT2D eigenvalue weighted by atomic mass is 9.94. The summed E-state index contributed by atoms with van der Waals surface area (Å²) in [4.78, 5) is 31.5. The molecule has 7 heteroatoms. The molecule has 0 bridgehead atoms. The first-order valence-corrected chi connectivity index (χ1v) is 12.0. The predicted octanol–water partition coefficient (Wildman–Crippen LogP) is 5.16. The number of aliphatic hydroxyl groups is 1. The Kier molecular flexibility index (Phi) is 6.44. The number of aromatic amines is 1. The van der Waals surface area contributed by atoms with Gasteiger partial charge in [0.15, 0.2) is 0 Å². The van der Waals surface area contributed by atoms with Gasteiger partial charge in [-0.3, -0.25) is 9.59 Å². The van der Waals surface area contributed by atoms with Crippen molar-refractivity contribution in [2.45, 2.75) is 19.4 Å². The standard InChI is InChI=1S/C30H28N2O5/c1-18-8-10-19(11-9-18)28(33)26-27(22-6-4-5-7-25(22)37-3)32(30(35)29(26)34)15-14-20-17-31-24-13-12-21(36-2)16-23(20)24/h4-13,16-17,27,31,33H,14-15H2,1-3H3/t27-/m0/s1. The number of aliphatic hydroxyl groups excluding tert-OH is 1. The third-order valence-electron chi connectivity index (χ3n) is 6.90. The third-order valence-corrected chi connectivity index (χ3v) is 6.90. The zero-order valence-electron chi connectivity index (χ0n) is 20.9. The lowest BCUT2D eigenvalue weighted by Crippen LogP contribution is -2.31. The van der Waals surface area contributed by atoms with Gasteiger partial charge in [0.2, 0.25) is 0 Å². The Morgan fingerprint density at radius 2 is 1.76 bits per heavy atom. The maximum atomic E-state index is 13.4. The van der Waals surface area contributed by atoms with E-state index in [2.05, 4.69) is 4.98 Å². The minimum absolute atomic E-state index is 0.0546. The monoisotopic (exact) mass is 496 g/mol. The molecule has 7 nitrogen and oxygen atoms in total. The second kappa shape index (κ2) is 9.85. The Labute approximate surface area is 214 Å². The first-order valence-electron chi connectivity index (χ1n) is 12.0. The van der Waals surface area contributed by atoms with E-state index in [1.165, 1.54) is 4.90 Å². The maximum absolute atomic E-state index is 13.4. The summed E-state index contributed by atoms with van der Waals surface area (Å²) in [5.74, 6) is -0.294. The quantitative estimate of drug-likeness (QED) is 0.210. The van der Waals surface area contributed by atoms with Crippen molar-refractivity contribution in [2.24, 2.45) is 0 Å². The van der Waals surface area contributed by atoms with Gasteiger partial charge in [-0.2, -0.15) is 0 Å². The minimum atomic E-state index is -0.794. The number of hydrogen-bond donors (Lipinski definition) is 2. The van der Waals surface area contributed by atoms with Crippen LogP contribution in [0.1, 0.15) is 28.3 Å². The van der Waals surface area contributed by atoms with Gasteiger partial charge in [-0.25, -0.2) is 0 Å². The summed E-state index contributed by atoms with van der Waals surface area (Å²) in [6.07, 6.45) is 2.40. The van der Waals surface area contributed by atoms with Gasteiger partial charge < -0.3 is 24.5 Å². The number of carbonyl (C=O) groups is 2. The van der Waals surface area contributed by atoms with Crippen molar-refractivity contribution in [3.05, 3.63) is 101 Å². The fraction of sp³-hybridized carbons (Fsp3) is 0.200. The van der Waals surface area contributed by atoms with Crippen LogP contribution in [0.2, 0.25) is 0 Å². The molecule has 1 fully saturated rings. The highest BCUT2D eigenvalue weighted by Crippen LogP contribution is 2.42. The van der Waals surface area contributed by atoms with E-state index in [0.29, 0.717) is 23.3 Å². The molecule has 1 aliphatic heterocycles. The molecule has 0 saturated carbocycles. The van der Waals surface area contributed by atoms with Crippen molar-refractivity contribution in [1.82, 2.24) is 9.88 Å². The van der Waals surface area contributed by atoms with Crippen LogP contribution < -0.4 is 9.47 Å². The number of aryl methyl sites for hydroxylation is 1. The number of ether oxygens (including phenoxy) is 2. The number of para-hydroxylation sites is 1. The van der Waals surface area contributed by atoms with Crippen LogP contribution >= 0.6 is 0 Å². The summed E-state index contributed by atoms with van der Waals surface area (Å²) >= 11 is 0. The van der Waals surface area contributed by atoms with Crippen LogP contribution in [-0.4, -0.2) is 47.4 Å². The highest BCUT2D eigenvalue weighted by Gasteiger charge is 2.46. The highest BCUT2D eigenvalue weighted by atomic mass is 16.5. The second-order valence-corrected chi connectivity index (χ2v) is 9.08. The molecule has 1 aliphatic rings. The summed E-state index contributed by atoms with van der Waals surface area (Å²) in [6.45, 7) is 2.21. The molecule has 2 N–H and O–H groups in total. The van der Waals surface area contributed by atoms with E-state index in [1.807, 2.05) is 61.7 Å². The van der Waals surface area contributed by atoms with Gasteiger partial charge in [-0.05, 0) is 43.2 Å². The summed E-state index contributed by atoms with van der Waals surface area (Å²) < 4.78 is 11.0. The van der Waals surface area contributed by atoms with E-state index < -0.39 is 17.7 Å². The molecule has 1 amide bonds. The summed E-state index contributed by atoms with van der Waals surface area (Å²) in [5.41, 5.74) is 4.14. The first kappa shape index (κ1) is 24.2. The predicted molar refractivity (Wildman–Crippen MR) is 142 cm³/mol. The van der Waals surface area contributed by atoms with Crippen molar-refractivity contribution < 1.29 is 24.2 Å². The van der Waals surface area contributed by atoms with Crippen LogP contribution in [0.25, 0.3) is 16.7 Å². The number of aromatic nitrogens is 1. The number of nitrogens with one attached hydrogen (secondary N) is 1. The van der Waals surface area contributed by atoms with Crippen molar-refractivity contribution in [2.75, 3.05) is 20.8 Å². The lowest BCUT2D eigenvalue weighted by molar-refractivity contribution is -0.139. The van der Waals surface area contributed by atoms with Gasteiger partial charge in [-0.1, -0.05) is 48.0 Å². The normalized spacial score (nSPS) is 16.9. The molecule has 0 radical (unpaired) electrons. The molecule has 188 valence electrons. The van der Waals surface area contributed by atoms with E-state index >= 15 is 0 Å². The molecule has 2 heterocycles.